The van der Waals surface area contributed by atoms with Crippen LogP contribution in [0.2, 0.25) is 0 Å². The molecule has 0 aliphatic carbocycles. The molecule has 1 heterocycles. The maximum Gasteiger partial charge on any atom is 0.354 e. The van der Waals surface area contributed by atoms with Gasteiger partial charge in [-0.1, -0.05) is 13.8 Å². The first-order chi connectivity index (χ1) is 5.84. The Morgan fingerprint density at radius 3 is 2.67 bits per heavy atom. The number of carbonyl (C=O) groups is 1. The van der Waals surface area contributed by atoms with Crippen molar-refractivity contribution in [3.63, 3.8) is 0 Å². The molecule has 0 amide bonds. The molecule has 1 N–H and O–H groups in total. The molecular weight excluding hydrogens is 154 g/mol. The molecule has 0 aliphatic heterocycles. The van der Waals surface area contributed by atoms with E-state index in [0.29, 0.717) is 12.3 Å². The maximum atomic E-state index is 10.9. The van der Waals surface area contributed by atoms with Crippen molar-refractivity contribution in [3.05, 3.63) is 24.0 Å². The van der Waals surface area contributed by atoms with Crippen molar-refractivity contribution in [2.24, 2.45) is 0 Å². The van der Waals surface area contributed by atoms with Crippen LogP contribution in [0, 0.1) is 0 Å². The number of hydrogen-bond donors (Lipinski definition) is 1. The van der Waals surface area contributed by atoms with Crippen molar-refractivity contribution in [2.75, 3.05) is 6.61 Å². The molecule has 0 fully saturated rings. The minimum atomic E-state index is -0.299. The van der Waals surface area contributed by atoms with E-state index in [1.807, 2.05) is 13.8 Å². The Kier molecular flexibility index (Phi) is 5.79. The second-order valence-electron chi connectivity index (χ2n) is 1.80. The third kappa shape index (κ3) is 3.23. The summed E-state index contributed by atoms with van der Waals surface area (Å²) in [5, 5.41) is 0. The van der Waals surface area contributed by atoms with Crippen molar-refractivity contribution in [3.8, 4) is 0 Å². The first kappa shape index (κ1) is 10.8. The highest BCUT2D eigenvalue weighted by Gasteiger charge is 2.04. The smallest absolute Gasteiger partial charge is 0.354 e. The summed E-state index contributed by atoms with van der Waals surface area (Å²) in [7, 11) is 0. The van der Waals surface area contributed by atoms with Crippen LogP contribution < -0.4 is 0 Å². The van der Waals surface area contributed by atoms with Crippen molar-refractivity contribution >= 4 is 5.97 Å². The topological polar surface area (TPSA) is 42.1 Å². The summed E-state index contributed by atoms with van der Waals surface area (Å²) >= 11 is 0. The minimum Gasteiger partial charge on any atom is -0.461 e. The summed E-state index contributed by atoms with van der Waals surface area (Å²) in [6.45, 7) is 6.19. The van der Waals surface area contributed by atoms with Crippen LogP contribution in [0.3, 0.4) is 0 Å². The van der Waals surface area contributed by atoms with E-state index >= 15 is 0 Å². The number of ether oxygens (including phenoxy) is 1. The van der Waals surface area contributed by atoms with Crippen molar-refractivity contribution < 1.29 is 9.53 Å². The molecule has 0 radical (unpaired) electrons. The highest BCUT2D eigenvalue weighted by molar-refractivity contribution is 5.87. The van der Waals surface area contributed by atoms with Crippen LogP contribution in [0.15, 0.2) is 18.3 Å². The van der Waals surface area contributed by atoms with Gasteiger partial charge >= 0.3 is 5.97 Å². The fourth-order valence-corrected chi connectivity index (χ4v) is 0.666. The Morgan fingerprint density at radius 1 is 1.58 bits per heavy atom. The van der Waals surface area contributed by atoms with Crippen LogP contribution in [0.4, 0.5) is 0 Å². The third-order valence-corrected chi connectivity index (χ3v) is 1.09. The number of aromatic amines is 1. The quantitative estimate of drug-likeness (QED) is 0.690. The number of hydrogen-bond acceptors (Lipinski definition) is 2. The molecule has 0 aromatic carbocycles. The highest BCUT2D eigenvalue weighted by atomic mass is 16.5. The second-order valence-corrected chi connectivity index (χ2v) is 1.80. The van der Waals surface area contributed by atoms with Gasteiger partial charge in [0.2, 0.25) is 0 Å². The van der Waals surface area contributed by atoms with Crippen LogP contribution in [-0.2, 0) is 4.74 Å². The van der Waals surface area contributed by atoms with Crippen LogP contribution in [0.25, 0.3) is 0 Å². The predicted molar refractivity (Wildman–Crippen MR) is 48.1 cm³/mol. The molecule has 0 unspecified atom stereocenters. The Balaban J connectivity index is 0.000000561. The molecule has 0 aliphatic rings. The van der Waals surface area contributed by atoms with Crippen LogP contribution in [0.1, 0.15) is 31.3 Å². The first-order valence-corrected chi connectivity index (χ1v) is 4.15. The number of nitrogens with one attached hydrogen (secondary N) is 1. The summed E-state index contributed by atoms with van der Waals surface area (Å²) in [4.78, 5) is 13.6. The number of carbonyl (C=O) groups excluding carboxylic acids is 1. The van der Waals surface area contributed by atoms with Gasteiger partial charge in [0.05, 0.1) is 6.61 Å². The van der Waals surface area contributed by atoms with Gasteiger partial charge in [-0.2, -0.15) is 0 Å². The lowest BCUT2D eigenvalue weighted by Gasteiger charge is -1.96. The van der Waals surface area contributed by atoms with E-state index in [9.17, 15) is 4.79 Å². The van der Waals surface area contributed by atoms with Crippen molar-refractivity contribution in [1.82, 2.24) is 4.98 Å². The van der Waals surface area contributed by atoms with E-state index in [-0.39, 0.29) is 5.97 Å². The SMILES string of the molecule is CC.CCOC(=O)c1ccc[nH]1. The van der Waals surface area contributed by atoms with Gasteiger partial charge in [-0.05, 0) is 19.1 Å². The highest BCUT2D eigenvalue weighted by Crippen LogP contribution is 1.96. The van der Waals surface area contributed by atoms with E-state index in [1.54, 1.807) is 25.3 Å². The van der Waals surface area contributed by atoms with Crippen LogP contribution in [0.5, 0.6) is 0 Å². The molecule has 12 heavy (non-hydrogen) atoms. The molecule has 0 saturated carbocycles. The van der Waals surface area contributed by atoms with Crippen molar-refractivity contribution in [1.29, 1.82) is 0 Å². The maximum absolute atomic E-state index is 10.9. The first-order valence-electron chi connectivity index (χ1n) is 4.15. The summed E-state index contributed by atoms with van der Waals surface area (Å²) in [6.07, 6.45) is 1.69. The van der Waals surface area contributed by atoms with Crippen molar-refractivity contribution in [2.45, 2.75) is 20.8 Å². The fraction of sp³-hybridized carbons (Fsp3) is 0.444. The van der Waals surface area contributed by atoms with Gasteiger partial charge in [-0.25, -0.2) is 4.79 Å². The molecule has 0 bridgehead atoms. The normalized spacial score (nSPS) is 8.25. The number of aromatic nitrogens is 1. The van der Waals surface area contributed by atoms with Gasteiger partial charge in [-0.3, -0.25) is 0 Å². The Morgan fingerprint density at radius 2 is 2.25 bits per heavy atom. The standard InChI is InChI=1S/C7H9NO2.C2H6/c1-2-10-7(9)6-4-3-5-8-6;1-2/h3-5,8H,2H2,1H3;1-2H3. The average Bonchev–Trinajstić information content (AvgIpc) is 2.60. The molecule has 1 rings (SSSR count). The summed E-state index contributed by atoms with van der Waals surface area (Å²) in [6, 6.07) is 3.43. The molecule has 0 atom stereocenters. The Bertz CT molecular complexity index is 204. The molecule has 3 nitrogen and oxygen atoms in total. The van der Waals surface area contributed by atoms with Gasteiger partial charge in [0.15, 0.2) is 0 Å². The lowest BCUT2D eigenvalue weighted by Crippen LogP contribution is -2.04. The van der Waals surface area contributed by atoms with Gasteiger partial charge in [0.25, 0.3) is 0 Å². The molecule has 1 aromatic rings. The largest absolute Gasteiger partial charge is 0.461 e. The van der Waals surface area contributed by atoms with Gasteiger partial charge in [0.1, 0.15) is 5.69 Å². The van der Waals surface area contributed by atoms with Crippen LogP contribution in [-0.4, -0.2) is 17.6 Å². The molecule has 0 saturated heterocycles. The number of rotatable bonds is 2. The van der Waals surface area contributed by atoms with Crippen LogP contribution >= 0.6 is 0 Å². The molecule has 1 aromatic heterocycles. The Labute approximate surface area is 72.7 Å². The van der Waals surface area contributed by atoms with E-state index in [0.717, 1.165) is 0 Å². The zero-order chi connectivity index (χ0) is 9.40. The number of H-pyrrole nitrogens is 1. The van der Waals surface area contributed by atoms with E-state index < -0.39 is 0 Å². The predicted octanol–water partition coefficient (Wildman–Crippen LogP) is 2.22. The summed E-state index contributed by atoms with van der Waals surface area (Å²) in [5.74, 6) is -0.299. The fourth-order valence-electron chi connectivity index (χ4n) is 0.666. The lowest BCUT2D eigenvalue weighted by molar-refractivity contribution is 0.0520. The molecule has 68 valence electrons. The zero-order valence-electron chi connectivity index (χ0n) is 7.76. The molecule has 3 heteroatoms. The molecular formula is C9H15NO2. The van der Waals surface area contributed by atoms with Gasteiger partial charge in [-0.15, -0.1) is 0 Å². The lowest BCUT2D eigenvalue weighted by atomic mass is 10.4. The monoisotopic (exact) mass is 169 g/mol. The van der Waals surface area contributed by atoms with E-state index in [1.165, 1.54) is 0 Å². The summed E-state index contributed by atoms with van der Waals surface area (Å²) in [5.41, 5.74) is 0.502. The van der Waals surface area contributed by atoms with E-state index in [2.05, 4.69) is 4.98 Å². The Hall–Kier alpha value is -1.25. The second kappa shape index (κ2) is 6.46. The minimum absolute atomic E-state index is 0.299. The average molecular weight is 169 g/mol. The zero-order valence-corrected chi connectivity index (χ0v) is 7.76. The number of esters is 1. The summed E-state index contributed by atoms with van der Waals surface area (Å²) < 4.78 is 4.72. The van der Waals surface area contributed by atoms with Gasteiger partial charge in [0, 0.05) is 6.20 Å². The third-order valence-electron chi connectivity index (χ3n) is 1.09. The van der Waals surface area contributed by atoms with E-state index in [4.69, 9.17) is 4.74 Å². The molecule has 0 spiro atoms. The van der Waals surface area contributed by atoms with Gasteiger partial charge < -0.3 is 9.72 Å².